The summed E-state index contributed by atoms with van der Waals surface area (Å²) in [5.74, 6) is 0.760. The second-order valence-electron chi connectivity index (χ2n) is 6.72. The maximum absolute atomic E-state index is 6.06. The summed E-state index contributed by atoms with van der Waals surface area (Å²) in [6, 6.07) is 9.58. The van der Waals surface area contributed by atoms with Crippen LogP contribution in [0, 0.1) is 12.8 Å². The van der Waals surface area contributed by atoms with E-state index in [-0.39, 0.29) is 5.60 Å². The Morgan fingerprint density at radius 3 is 2.65 bits per heavy atom. The average molecular weight is 273 g/mol. The van der Waals surface area contributed by atoms with Gasteiger partial charge in [-0.2, -0.15) is 0 Å². The van der Waals surface area contributed by atoms with Crippen molar-refractivity contribution in [2.45, 2.75) is 57.1 Å². The summed E-state index contributed by atoms with van der Waals surface area (Å²) in [5.41, 5.74) is 3.05. The van der Waals surface area contributed by atoms with Crippen LogP contribution in [0.15, 0.2) is 24.3 Å². The summed E-state index contributed by atoms with van der Waals surface area (Å²) in [5, 5.41) is 3.57. The number of ether oxygens (including phenoxy) is 1. The van der Waals surface area contributed by atoms with Crippen LogP contribution in [0.1, 0.15) is 43.2 Å². The Bertz CT molecular complexity index is 435. The molecule has 2 nitrogen and oxygen atoms in total. The van der Waals surface area contributed by atoms with E-state index in [0.29, 0.717) is 6.04 Å². The van der Waals surface area contributed by atoms with Crippen LogP contribution in [-0.2, 0) is 11.2 Å². The lowest BCUT2D eigenvalue weighted by atomic mass is 9.70. The van der Waals surface area contributed by atoms with Gasteiger partial charge in [0.2, 0.25) is 0 Å². The van der Waals surface area contributed by atoms with Gasteiger partial charge in [-0.1, -0.05) is 29.8 Å². The van der Waals surface area contributed by atoms with Gasteiger partial charge in [-0.15, -0.1) is 0 Å². The lowest BCUT2D eigenvalue weighted by Crippen LogP contribution is -2.50. The fraction of sp³-hybridized carbons (Fsp3) is 0.667. The maximum atomic E-state index is 6.06. The van der Waals surface area contributed by atoms with Gasteiger partial charge in [-0.25, -0.2) is 0 Å². The highest BCUT2D eigenvalue weighted by atomic mass is 16.5. The Morgan fingerprint density at radius 1 is 1.30 bits per heavy atom. The molecule has 1 aromatic rings. The van der Waals surface area contributed by atoms with Crippen LogP contribution < -0.4 is 5.32 Å². The Balaban J connectivity index is 1.65. The van der Waals surface area contributed by atoms with Crippen molar-refractivity contribution in [3.05, 3.63) is 35.4 Å². The molecule has 110 valence electrons. The van der Waals surface area contributed by atoms with Crippen LogP contribution in [0.3, 0.4) is 0 Å². The number of hydrogen-bond acceptors (Lipinski definition) is 2. The van der Waals surface area contributed by atoms with Crippen LogP contribution in [0.2, 0.25) is 0 Å². The van der Waals surface area contributed by atoms with Gasteiger partial charge >= 0.3 is 0 Å². The fourth-order valence-electron chi connectivity index (χ4n) is 3.81. The molecule has 2 unspecified atom stereocenters. The average Bonchev–Trinajstić information content (AvgIpc) is 2.45. The fourth-order valence-corrected chi connectivity index (χ4v) is 3.81. The van der Waals surface area contributed by atoms with E-state index in [2.05, 4.69) is 43.6 Å². The Hall–Kier alpha value is -0.860. The van der Waals surface area contributed by atoms with Gasteiger partial charge in [0.15, 0.2) is 0 Å². The van der Waals surface area contributed by atoms with Crippen molar-refractivity contribution in [3.8, 4) is 0 Å². The van der Waals surface area contributed by atoms with Crippen LogP contribution in [0.25, 0.3) is 0 Å². The van der Waals surface area contributed by atoms with E-state index >= 15 is 0 Å². The van der Waals surface area contributed by atoms with Crippen LogP contribution in [-0.4, -0.2) is 25.3 Å². The first-order chi connectivity index (χ1) is 9.71. The number of benzene rings is 1. The molecule has 1 N–H and O–H groups in total. The molecule has 1 spiro atoms. The van der Waals surface area contributed by atoms with E-state index in [9.17, 15) is 0 Å². The van der Waals surface area contributed by atoms with Crippen molar-refractivity contribution in [1.29, 1.82) is 0 Å². The Kier molecular flexibility index (Phi) is 4.13. The third-order valence-electron chi connectivity index (χ3n) is 5.31. The minimum atomic E-state index is 0.255. The zero-order valence-electron chi connectivity index (χ0n) is 12.8. The van der Waals surface area contributed by atoms with Gasteiger partial charge in [0.05, 0.1) is 5.60 Å². The molecule has 0 radical (unpaired) electrons. The number of hydrogen-bond donors (Lipinski definition) is 1. The molecule has 1 aliphatic heterocycles. The normalized spacial score (nSPS) is 26.2. The second kappa shape index (κ2) is 5.87. The highest BCUT2D eigenvalue weighted by Gasteiger charge is 2.43. The molecule has 20 heavy (non-hydrogen) atoms. The van der Waals surface area contributed by atoms with E-state index in [1.165, 1.54) is 43.2 Å². The van der Waals surface area contributed by atoms with Gasteiger partial charge in [0, 0.05) is 12.6 Å². The van der Waals surface area contributed by atoms with Gasteiger partial charge in [-0.05, 0) is 64.0 Å². The van der Waals surface area contributed by atoms with E-state index < -0.39 is 0 Å². The minimum absolute atomic E-state index is 0.255. The van der Waals surface area contributed by atoms with E-state index in [4.69, 9.17) is 4.74 Å². The van der Waals surface area contributed by atoms with Gasteiger partial charge in [-0.3, -0.25) is 0 Å². The molecule has 0 aromatic heterocycles. The first-order valence-corrected chi connectivity index (χ1v) is 8.08. The molecule has 2 atom stereocenters. The SMILES string of the molecule is CNC(Cc1ccc(C)cc1)C1CCOC2(CCC2)C1. The molecule has 1 saturated heterocycles. The predicted octanol–water partition coefficient (Wildman–Crippen LogP) is 3.47. The smallest absolute Gasteiger partial charge is 0.0685 e. The third kappa shape index (κ3) is 2.91. The highest BCUT2D eigenvalue weighted by molar-refractivity contribution is 5.22. The largest absolute Gasteiger partial charge is 0.375 e. The standard InChI is InChI=1S/C18H27NO/c1-14-4-6-15(7-5-14)12-17(19-2)16-8-11-20-18(13-16)9-3-10-18/h4-7,16-17,19H,3,8-13H2,1-2H3. The van der Waals surface area contributed by atoms with E-state index in [0.717, 1.165) is 18.9 Å². The first kappa shape index (κ1) is 14.1. The number of rotatable bonds is 4. The molecule has 2 heteroatoms. The lowest BCUT2D eigenvalue weighted by molar-refractivity contribution is -0.146. The van der Waals surface area contributed by atoms with Crippen molar-refractivity contribution >= 4 is 0 Å². The van der Waals surface area contributed by atoms with Crippen molar-refractivity contribution in [2.24, 2.45) is 5.92 Å². The number of likely N-dealkylation sites (N-methyl/N-ethyl adjacent to an activating group) is 1. The summed E-state index contributed by atoms with van der Waals surface area (Å²) < 4.78 is 6.06. The quantitative estimate of drug-likeness (QED) is 0.907. The molecule has 0 amide bonds. The second-order valence-corrected chi connectivity index (χ2v) is 6.72. The summed E-state index contributed by atoms with van der Waals surface area (Å²) in [6.07, 6.45) is 7.52. The Labute approximate surface area is 122 Å². The van der Waals surface area contributed by atoms with E-state index in [1.807, 2.05) is 0 Å². The van der Waals surface area contributed by atoms with Gasteiger partial charge in [0.1, 0.15) is 0 Å². The molecule has 1 aliphatic carbocycles. The molecule has 3 rings (SSSR count). The monoisotopic (exact) mass is 273 g/mol. The molecule has 0 bridgehead atoms. The summed E-state index contributed by atoms with van der Waals surface area (Å²) in [6.45, 7) is 3.11. The predicted molar refractivity (Wildman–Crippen MR) is 83.0 cm³/mol. The molecule has 1 saturated carbocycles. The van der Waals surface area contributed by atoms with Crippen LogP contribution in [0.4, 0.5) is 0 Å². The molecule has 1 aromatic carbocycles. The minimum Gasteiger partial charge on any atom is -0.375 e. The van der Waals surface area contributed by atoms with Crippen molar-refractivity contribution < 1.29 is 4.74 Å². The lowest BCUT2D eigenvalue weighted by Gasteiger charge is -2.48. The van der Waals surface area contributed by atoms with Crippen molar-refractivity contribution in [1.82, 2.24) is 5.32 Å². The molecular formula is C18H27NO. The Morgan fingerprint density at radius 2 is 2.05 bits per heavy atom. The molecule has 2 fully saturated rings. The van der Waals surface area contributed by atoms with Crippen molar-refractivity contribution in [2.75, 3.05) is 13.7 Å². The van der Waals surface area contributed by atoms with Crippen LogP contribution >= 0.6 is 0 Å². The number of aryl methyl sites for hydroxylation is 1. The zero-order valence-corrected chi connectivity index (χ0v) is 12.8. The topological polar surface area (TPSA) is 21.3 Å². The maximum Gasteiger partial charge on any atom is 0.0685 e. The first-order valence-electron chi connectivity index (χ1n) is 8.08. The summed E-state index contributed by atoms with van der Waals surface area (Å²) in [7, 11) is 2.11. The molecular weight excluding hydrogens is 246 g/mol. The van der Waals surface area contributed by atoms with Gasteiger partial charge < -0.3 is 10.1 Å². The summed E-state index contributed by atoms with van der Waals surface area (Å²) >= 11 is 0. The van der Waals surface area contributed by atoms with Gasteiger partial charge in [0.25, 0.3) is 0 Å². The highest BCUT2D eigenvalue weighted by Crippen LogP contribution is 2.45. The van der Waals surface area contributed by atoms with Crippen molar-refractivity contribution in [3.63, 3.8) is 0 Å². The summed E-state index contributed by atoms with van der Waals surface area (Å²) in [4.78, 5) is 0. The molecule has 1 heterocycles. The van der Waals surface area contributed by atoms with Crippen LogP contribution in [0.5, 0.6) is 0 Å². The third-order valence-corrected chi connectivity index (χ3v) is 5.31. The zero-order chi connectivity index (χ0) is 14.0. The van der Waals surface area contributed by atoms with E-state index in [1.54, 1.807) is 0 Å². The number of nitrogens with one attached hydrogen (secondary N) is 1. The molecule has 2 aliphatic rings.